The lowest BCUT2D eigenvalue weighted by molar-refractivity contribution is 0.0572. The van der Waals surface area contributed by atoms with Crippen LogP contribution in [-0.4, -0.2) is 43.8 Å². The van der Waals surface area contributed by atoms with E-state index >= 15 is 0 Å². The van der Waals surface area contributed by atoms with E-state index in [0.29, 0.717) is 13.1 Å². The van der Waals surface area contributed by atoms with Crippen LogP contribution in [0.3, 0.4) is 0 Å². The number of sulfonamides is 1. The quantitative estimate of drug-likeness (QED) is 0.804. The molecule has 2 aliphatic rings. The largest absolute Gasteiger partial charge is 0.293 e. The van der Waals surface area contributed by atoms with Gasteiger partial charge >= 0.3 is 0 Å². The highest BCUT2D eigenvalue weighted by molar-refractivity contribution is 7.89. The molecule has 2 fully saturated rings. The molecule has 144 valence electrons. The summed E-state index contributed by atoms with van der Waals surface area (Å²) in [5.74, 6) is -0.426. The maximum Gasteiger partial charge on any atom is 0.243 e. The van der Waals surface area contributed by atoms with Crippen molar-refractivity contribution in [2.75, 3.05) is 26.2 Å². The zero-order valence-electron chi connectivity index (χ0n) is 15.4. The van der Waals surface area contributed by atoms with Gasteiger partial charge in [0.1, 0.15) is 5.82 Å². The molecule has 0 atom stereocenters. The van der Waals surface area contributed by atoms with E-state index in [1.54, 1.807) is 4.31 Å². The third-order valence-electron chi connectivity index (χ3n) is 6.02. The molecule has 2 saturated heterocycles. The van der Waals surface area contributed by atoms with Crippen molar-refractivity contribution in [2.24, 2.45) is 0 Å². The Morgan fingerprint density at radius 1 is 0.815 bits per heavy atom. The Bertz CT molecular complexity index is 870. The van der Waals surface area contributed by atoms with Crippen LogP contribution < -0.4 is 0 Å². The average Bonchev–Trinajstić information content (AvgIpc) is 3.24. The van der Waals surface area contributed by atoms with Crippen LogP contribution in [0.25, 0.3) is 0 Å². The molecule has 0 radical (unpaired) electrons. The Balaban J connectivity index is 1.59. The first-order valence-corrected chi connectivity index (χ1v) is 11.0. The number of piperidine rings is 1. The van der Waals surface area contributed by atoms with Gasteiger partial charge in [0.2, 0.25) is 10.0 Å². The molecule has 0 amide bonds. The summed E-state index contributed by atoms with van der Waals surface area (Å²) in [6.45, 7) is 3.09. The van der Waals surface area contributed by atoms with Gasteiger partial charge in [0.05, 0.1) is 4.90 Å². The van der Waals surface area contributed by atoms with Crippen molar-refractivity contribution in [2.45, 2.75) is 36.1 Å². The van der Waals surface area contributed by atoms with Crippen molar-refractivity contribution in [3.8, 4) is 0 Å². The third-order valence-corrected chi connectivity index (χ3v) is 7.94. The second-order valence-electron chi connectivity index (χ2n) is 7.45. The number of hydrogen-bond donors (Lipinski definition) is 0. The van der Waals surface area contributed by atoms with Gasteiger partial charge in [-0.25, -0.2) is 12.8 Å². The Labute approximate surface area is 160 Å². The fourth-order valence-corrected chi connectivity index (χ4v) is 5.97. The van der Waals surface area contributed by atoms with Gasteiger partial charge in [-0.1, -0.05) is 30.3 Å². The molecule has 6 heteroatoms. The predicted octanol–water partition coefficient (Wildman–Crippen LogP) is 3.60. The Kier molecular flexibility index (Phi) is 5.05. The molecule has 0 unspecified atom stereocenters. The summed E-state index contributed by atoms with van der Waals surface area (Å²) in [5, 5.41) is 0. The summed E-state index contributed by atoms with van der Waals surface area (Å²) in [6.07, 6.45) is 3.95. The Hall–Kier alpha value is -1.76. The number of rotatable bonds is 4. The standard InChI is InChI=1S/C21H25FN2O2S/c22-19-8-10-20(11-9-19)27(25,26)24-16-12-21(13-17-24,23-14-4-5-15-23)18-6-2-1-3-7-18/h1-3,6-11H,4-5,12-17H2. The molecule has 0 N–H and O–H groups in total. The summed E-state index contributed by atoms with van der Waals surface area (Å²) in [6, 6.07) is 15.6. The Morgan fingerprint density at radius 3 is 2.00 bits per heavy atom. The summed E-state index contributed by atoms with van der Waals surface area (Å²) >= 11 is 0. The van der Waals surface area contributed by atoms with Gasteiger partial charge in [-0.2, -0.15) is 4.31 Å². The van der Waals surface area contributed by atoms with Crippen molar-refractivity contribution < 1.29 is 12.8 Å². The second kappa shape index (κ2) is 7.34. The first-order chi connectivity index (χ1) is 13.0. The molecule has 2 aromatic rings. The molecule has 0 saturated carbocycles. The lowest BCUT2D eigenvalue weighted by atomic mass is 9.80. The molecule has 4 rings (SSSR count). The lowest BCUT2D eigenvalue weighted by Crippen LogP contribution is -2.53. The maximum atomic E-state index is 13.2. The minimum absolute atomic E-state index is 0.0907. The molecule has 4 nitrogen and oxygen atoms in total. The van der Waals surface area contributed by atoms with Crippen molar-refractivity contribution in [3.05, 3.63) is 66.0 Å². The molecule has 27 heavy (non-hydrogen) atoms. The topological polar surface area (TPSA) is 40.6 Å². The van der Waals surface area contributed by atoms with Crippen LogP contribution in [0.1, 0.15) is 31.2 Å². The smallest absolute Gasteiger partial charge is 0.243 e. The molecule has 2 aromatic carbocycles. The van der Waals surface area contributed by atoms with E-state index in [9.17, 15) is 12.8 Å². The molecule has 0 aromatic heterocycles. The van der Waals surface area contributed by atoms with Gasteiger partial charge < -0.3 is 0 Å². The van der Waals surface area contributed by atoms with E-state index in [2.05, 4.69) is 29.2 Å². The molecule has 0 bridgehead atoms. The van der Waals surface area contributed by atoms with Crippen molar-refractivity contribution >= 4 is 10.0 Å². The van der Waals surface area contributed by atoms with Crippen LogP contribution >= 0.6 is 0 Å². The molecule has 0 spiro atoms. The third kappa shape index (κ3) is 3.42. The van der Waals surface area contributed by atoms with Crippen molar-refractivity contribution in [1.82, 2.24) is 9.21 Å². The number of halogens is 1. The van der Waals surface area contributed by atoms with Gasteiger partial charge in [0.15, 0.2) is 0 Å². The average molecular weight is 389 g/mol. The number of hydrogen-bond acceptors (Lipinski definition) is 3. The monoisotopic (exact) mass is 388 g/mol. The van der Waals surface area contributed by atoms with Gasteiger partial charge in [0, 0.05) is 18.6 Å². The summed E-state index contributed by atoms with van der Waals surface area (Å²) in [4.78, 5) is 2.71. The minimum Gasteiger partial charge on any atom is -0.293 e. The molecule has 2 aliphatic heterocycles. The fraction of sp³-hybridized carbons (Fsp3) is 0.429. The van der Waals surface area contributed by atoms with E-state index in [0.717, 1.165) is 25.9 Å². The highest BCUT2D eigenvalue weighted by atomic mass is 32.2. The first kappa shape index (κ1) is 18.6. The van der Waals surface area contributed by atoms with Crippen molar-refractivity contribution in [1.29, 1.82) is 0 Å². The number of nitrogens with zero attached hydrogens (tertiary/aromatic N) is 2. The summed E-state index contributed by atoms with van der Waals surface area (Å²) in [5.41, 5.74) is 1.19. The molecular formula is C21H25FN2O2S. The van der Waals surface area contributed by atoms with E-state index in [-0.39, 0.29) is 10.4 Å². The highest BCUT2D eigenvalue weighted by Gasteiger charge is 2.44. The highest BCUT2D eigenvalue weighted by Crippen LogP contribution is 2.41. The lowest BCUT2D eigenvalue weighted by Gasteiger charge is -2.47. The normalized spacial score (nSPS) is 21.4. The van der Waals surface area contributed by atoms with E-state index in [1.165, 1.54) is 42.7 Å². The summed E-state index contributed by atoms with van der Waals surface area (Å²) < 4.78 is 40.6. The van der Waals surface area contributed by atoms with Crippen LogP contribution in [0.4, 0.5) is 4.39 Å². The zero-order valence-corrected chi connectivity index (χ0v) is 16.2. The first-order valence-electron chi connectivity index (χ1n) is 9.59. The predicted molar refractivity (Wildman–Crippen MR) is 103 cm³/mol. The SMILES string of the molecule is O=S(=O)(c1ccc(F)cc1)N1CCC(c2ccccc2)(N2CCCC2)CC1. The van der Waals surface area contributed by atoms with Crippen molar-refractivity contribution in [3.63, 3.8) is 0 Å². The number of likely N-dealkylation sites (tertiary alicyclic amines) is 1. The number of benzene rings is 2. The molecule has 2 heterocycles. The van der Waals surface area contributed by atoms with Gasteiger partial charge in [-0.05, 0) is 68.6 Å². The molecule has 0 aliphatic carbocycles. The van der Waals surface area contributed by atoms with E-state index in [4.69, 9.17) is 0 Å². The minimum atomic E-state index is -3.59. The van der Waals surface area contributed by atoms with Crippen LogP contribution in [0.15, 0.2) is 59.5 Å². The Morgan fingerprint density at radius 2 is 1.41 bits per heavy atom. The van der Waals surface area contributed by atoms with Gasteiger partial charge in [-0.15, -0.1) is 0 Å². The van der Waals surface area contributed by atoms with Crippen LogP contribution in [0.5, 0.6) is 0 Å². The second-order valence-corrected chi connectivity index (χ2v) is 9.39. The van der Waals surface area contributed by atoms with Gasteiger partial charge in [0.25, 0.3) is 0 Å². The molecular weight excluding hydrogens is 363 g/mol. The van der Waals surface area contributed by atoms with E-state index < -0.39 is 15.8 Å². The zero-order chi connectivity index (χ0) is 18.9. The van der Waals surface area contributed by atoms with Crippen LogP contribution in [0, 0.1) is 5.82 Å². The fourth-order valence-electron chi connectivity index (χ4n) is 4.53. The van der Waals surface area contributed by atoms with Gasteiger partial charge in [-0.3, -0.25) is 4.90 Å². The maximum absolute atomic E-state index is 13.2. The summed E-state index contributed by atoms with van der Waals surface area (Å²) in [7, 11) is -3.59. The van der Waals surface area contributed by atoms with Crippen LogP contribution in [0.2, 0.25) is 0 Å². The van der Waals surface area contributed by atoms with Crippen LogP contribution in [-0.2, 0) is 15.6 Å². The van der Waals surface area contributed by atoms with E-state index in [1.807, 2.05) is 6.07 Å².